The zero-order valence-electron chi connectivity index (χ0n) is 22.1. The summed E-state index contributed by atoms with van der Waals surface area (Å²) in [4.78, 5) is 24.8. The number of pyridine rings is 1. The van der Waals surface area contributed by atoms with E-state index in [0.29, 0.717) is 19.5 Å². The molecule has 3 heterocycles. The summed E-state index contributed by atoms with van der Waals surface area (Å²) in [5.41, 5.74) is 6.52. The molecule has 7 heteroatoms. The van der Waals surface area contributed by atoms with Crippen LogP contribution in [0, 0.1) is 6.92 Å². The highest BCUT2D eigenvalue weighted by Gasteiger charge is 2.27. The number of benzene rings is 2. The van der Waals surface area contributed by atoms with E-state index in [4.69, 9.17) is 9.72 Å². The fourth-order valence-electron chi connectivity index (χ4n) is 5.14. The standard InChI is InChI=1S/C30H35N5O2/c1-22-6-5-15-35-28(21-31-30(22)35)27(23-7-9-24(10-8-23)32(2)3)20-29(36)34-18-16-33(17-19-34)25-11-13-26(37-4)14-12-25/h5-15,21,27H,16-20H2,1-4H3. The van der Waals surface area contributed by atoms with Gasteiger partial charge in [-0.15, -0.1) is 0 Å². The van der Waals surface area contributed by atoms with Crippen molar-refractivity contribution in [1.82, 2.24) is 14.3 Å². The predicted octanol–water partition coefficient (Wildman–Crippen LogP) is 4.59. The second-order valence-corrected chi connectivity index (χ2v) is 9.88. The molecule has 2 aromatic carbocycles. The number of hydrogen-bond acceptors (Lipinski definition) is 5. The largest absolute Gasteiger partial charge is 0.497 e. The number of carbonyl (C=O) groups excluding carboxylic acids is 1. The van der Waals surface area contributed by atoms with Crippen LogP contribution in [-0.2, 0) is 4.79 Å². The molecule has 7 nitrogen and oxygen atoms in total. The topological polar surface area (TPSA) is 53.3 Å². The van der Waals surface area contributed by atoms with E-state index in [1.807, 2.05) is 49.6 Å². The van der Waals surface area contributed by atoms with Crippen LogP contribution in [-0.4, -0.2) is 67.6 Å². The molecule has 1 amide bonds. The molecule has 0 aliphatic carbocycles. The number of carbonyl (C=O) groups is 1. The van der Waals surface area contributed by atoms with Crippen molar-refractivity contribution in [1.29, 1.82) is 0 Å². The van der Waals surface area contributed by atoms with Gasteiger partial charge in [0.05, 0.1) is 12.8 Å². The van der Waals surface area contributed by atoms with E-state index >= 15 is 0 Å². The van der Waals surface area contributed by atoms with Crippen LogP contribution < -0.4 is 14.5 Å². The van der Waals surface area contributed by atoms with Crippen LogP contribution in [0.1, 0.15) is 29.2 Å². The van der Waals surface area contributed by atoms with Crippen molar-refractivity contribution in [3.8, 4) is 5.75 Å². The lowest BCUT2D eigenvalue weighted by atomic mass is 9.91. The minimum atomic E-state index is -0.0832. The Kier molecular flexibility index (Phi) is 7.04. The SMILES string of the molecule is COc1ccc(N2CCN(C(=O)CC(c3ccc(N(C)C)cc3)c3cnc4c(C)cccn34)CC2)cc1. The van der Waals surface area contributed by atoms with Crippen molar-refractivity contribution in [3.63, 3.8) is 0 Å². The molecule has 0 radical (unpaired) electrons. The molecule has 1 aliphatic heterocycles. The Morgan fingerprint density at radius 3 is 2.35 bits per heavy atom. The van der Waals surface area contributed by atoms with E-state index in [1.165, 1.54) is 0 Å². The van der Waals surface area contributed by atoms with E-state index in [0.717, 1.165) is 52.7 Å². The first-order chi connectivity index (χ1) is 17.9. The molecule has 2 aromatic heterocycles. The molecule has 0 bridgehead atoms. The lowest BCUT2D eigenvalue weighted by Gasteiger charge is -2.36. The fourth-order valence-corrected chi connectivity index (χ4v) is 5.14. The van der Waals surface area contributed by atoms with Crippen molar-refractivity contribution in [2.45, 2.75) is 19.3 Å². The van der Waals surface area contributed by atoms with E-state index in [9.17, 15) is 4.79 Å². The summed E-state index contributed by atoms with van der Waals surface area (Å²) < 4.78 is 7.41. The first-order valence-corrected chi connectivity index (χ1v) is 12.8. The molecule has 5 rings (SSSR count). The minimum absolute atomic E-state index is 0.0832. The Labute approximate surface area is 218 Å². The van der Waals surface area contributed by atoms with Gasteiger partial charge in [-0.1, -0.05) is 18.2 Å². The average Bonchev–Trinajstić information content (AvgIpc) is 3.37. The molecular weight excluding hydrogens is 462 g/mol. The number of anilines is 2. The molecular formula is C30H35N5O2. The van der Waals surface area contributed by atoms with Crippen LogP contribution in [0.2, 0.25) is 0 Å². The number of amides is 1. The molecule has 4 aromatic rings. The molecule has 37 heavy (non-hydrogen) atoms. The molecule has 0 N–H and O–H groups in total. The van der Waals surface area contributed by atoms with Crippen molar-refractivity contribution in [2.75, 3.05) is 57.2 Å². The zero-order chi connectivity index (χ0) is 25.9. The molecule has 192 valence electrons. The number of rotatable bonds is 7. The highest BCUT2D eigenvalue weighted by molar-refractivity contribution is 5.78. The van der Waals surface area contributed by atoms with Crippen molar-refractivity contribution >= 4 is 22.9 Å². The van der Waals surface area contributed by atoms with Gasteiger partial charge in [0.25, 0.3) is 0 Å². The van der Waals surface area contributed by atoms with Crippen molar-refractivity contribution in [3.05, 3.63) is 89.9 Å². The molecule has 0 spiro atoms. The summed E-state index contributed by atoms with van der Waals surface area (Å²) in [7, 11) is 5.75. The Bertz CT molecular complexity index is 1350. The number of ether oxygens (including phenoxy) is 1. The first kappa shape index (κ1) is 24.7. The smallest absolute Gasteiger partial charge is 0.223 e. The Balaban J connectivity index is 1.36. The lowest BCUT2D eigenvalue weighted by molar-refractivity contribution is -0.131. The predicted molar refractivity (Wildman–Crippen MR) is 149 cm³/mol. The van der Waals surface area contributed by atoms with E-state index in [2.05, 4.69) is 63.6 Å². The second-order valence-electron chi connectivity index (χ2n) is 9.88. The summed E-state index contributed by atoms with van der Waals surface area (Å²) in [5, 5.41) is 0. The first-order valence-electron chi connectivity index (χ1n) is 12.8. The van der Waals surface area contributed by atoms with E-state index < -0.39 is 0 Å². The van der Waals surface area contributed by atoms with Crippen LogP contribution in [0.5, 0.6) is 5.75 Å². The quantitative estimate of drug-likeness (QED) is 0.374. The maximum Gasteiger partial charge on any atom is 0.223 e. The highest BCUT2D eigenvalue weighted by Crippen LogP contribution is 2.31. The van der Waals surface area contributed by atoms with Gasteiger partial charge in [0.1, 0.15) is 11.4 Å². The molecule has 1 unspecified atom stereocenters. The van der Waals surface area contributed by atoms with Crippen LogP contribution >= 0.6 is 0 Å². The number of aromatic nitrogens is 2. The van der Waals surface area contributed by atoms with Gasteiger partial charge >= 0.3 is 0 Å². The number of methoxy groups -OCH3 is 1. The lowest BCUT2D eigenvalue weighted by Crippen LogP contribution is -2.49. The average molecular weight is 498 g/mol. The Morgan fingerprint density at radius 2 is 1.70 bits per heavy atom. The van der Waals surface area contributed by atoms with Crippen LogP contribution in [0.25, 0.3) is 5.65 Å². The monoisotopic (exact) mass is 497 g/mol. The van der Waals surface area contributed by atoms with Gasteiger partial charge in [-0.25, -0.2) is 4.98 Å². The van der Waals surface area contributed by atoms with Gasteiger partial charge in [-0.3, -0.25) is 4.79 Å². The third-order valence-electron chi connectivity index (χ3n) is 7.38. The maximum absolute atomic E-state index is 13.6. The van der Waals surface area contributed by atoms with Gasteiger partial charge in [-0.2, -0.15) is 0 Å². The maximum atomic E-state index is 13.6. The molecule has 1 aliphatic rings. The number of piperazine rings is 1. The Hall–Kier alpha value is -4.00. The molecule has 1 atom stereocenters. The van der Waals surface area contributed by atoms with Gasteiger partial charge in [0, 0.05) is 76.4 Å². The number of fused-ring (bicyclic) bond motifs is 1. The summed E-state index contributed by atoms with van der Waals surface area (Å²) in [5.74, 6) is 0.948. The zero-order valence-corrected chi connectivity index (χ0v) is 22.1. The van der Waals surface area contributed by atoms with E-state index in [1.54, 1.807) is 7.11 Å². The number of aryl methyl sites for hydroxylation is 1. The van der Waals surface area contributed by atoms with Crippen molar-refractivity contribution < 1.29 is 9.53 Å². The van der Waals surface area contributed by atoms with Gasteiger partial charge < -0.3 is 23.8 Å². The minimum Gasteiger partial charge on any atom is -0.497 e. The van der Waals surface area contributed by atoms with E-state index in [-0.39, 0.29) is 11.8 Å². The normalized spacial score (nSPS) is 14.6. The van der Waals surface area contributed by atoms with Gasteiger partial charge in [0.2, 0.25) is 5.91 Å². The number of nitrogens with zero attached hydrogens (tertiary/aromatic N) is 5. The van der Waals surface area contributed by atoms with Crippen LogP contribution in [0.3, 0.4) is 0 Å². The molecule has 0 saturated carbocycles. The van der Waals surface area contributed by atoms with Gasteiger partial charge in [-0.05, 0) is 60.5 Å². The number of imidazole rings is 1. The highest BCUT2D eigenvalue weighted by atomic mass is 16.5. The third-order valence-corrected chi connectivity index (χ3v) is 7.38. The van der Waals surface area contributed by atoms with Crippen LogP contribution in [0.4, 0.5) is 11.4 Å². The molecule has 1 saturated heterocycles. The molecule has 1 fully saturated rings. The summed E-state index contributed by atoms with van der Waals surface area (Å²) in [6.45, 7) is 5.12. The second kappa shape index (κ2) is 10.5. The fraction of sp³-hybridized carbons (Fsp3) is 0.333. The number of hydrogen-bond donors (Lipinski definition) is 0. The summed E-state index contributed by atoms with van der Waals surface area (Å²) >= 11 is 0. The summed E-state index contributed by atoms with van der Waals surface area (Å²) in [6.07, 6.45) is 4.39. The Morgan fingerprint density at radius 1 is 1.00 bits per heavy atom. The van der Waals surface area contributed by atoms with Crippen molar-refractivity contribution in [2.24, 2.45) is 0 Å². The van der Waals surface area contributed by atoms with Crippen LogP contribution in [0.15, 0.2) is 73.1 Å². The third kappa shape index (κ3) is 5.12. The summed E-state index contributed by atoms with van der Waals surface area (Å²) in [6, 6.07) is 20.8. The van der Waals surface area contributed by atoms with Gasteiger partial charge in [0.15, 0.2) is 0 Å².